The molecule has 1 saturated heterocycles. The van der Waals surface area contributed by atoms with Crippen LogP contribution in [0.4, 0.5) is 0 Å². The number of benzene rings is 1. The lowest BCUT2D eigenvalue weighted by Crippen LogP contribution is -2.63. The van der Waals surface area contributed by atoms with Gasteiger partial charge in [0.05, 0.1) is 30.8 Å². The summed E-state index contributed by atoms with van der Waals surface area (Å²) in [6.07, 6.45) is 12.3. The number of nitrogens with zero attached hydrogens (tertiary/aromatic N) is 1. The molecule has 3 N–H and O–H groups in total. The summed E-state index contributed by atoms with van der Waals surface area (Å²) in [7, 11) is 0. The Labute approximate surface area is 343 Å². The zero-order valence-electron chi connectivity index (χ0n) is 34.8. The third kappa shape index (κ3) is 13.8. The van der Waals surface area contributed by atoms with Crippen LogP contribution in [0, 0.1) is 0 Å². The van der Waals surface area contributed by atoms with E-state index in [4.69, 9.17) is 18.9 Å². The van der Waals surface area contributed by atoms with Crippen LogP contribution >= 0.6 is 0 Å². The lowest BCUT2D eigenvalue weighted by Gasteiger charge is -2.36. The monoisotopic (exact) mass is 810 g/mol. The zero-order chi connectivity index (χ0) is 41.4. The molecule has 3 saturated carbocycles. The van der Waals surface area contributed by atoms with E-state index >= 15 is 0 Å². The van der Waals surface area contributed by atoms with Crippen LogP contribution in [0.1, 0.15) is 142 Å². The van der Waals surface area contributed by atoms with Gasteiger partial charge in [-0.1, -0.05) is 75.3 Å². The highest BCUT2D eigenvalue weighted by Gasteiger charge is 2.43. The average Bonchev–Trinajstić information content (AvgIpc) is 3.72. The zero-order valence-corrected chi connectivity index (χ0v) is 34.8. The van der Waals surface area contributed by atoms with Gasteiger partial charge in [0.25, 0.3) is 0 Å². The summed E-state index contributed by atoms with van der Waals surface area (Å²) in [6.45, 7) is 5.05. The van der Waals surface area contributed by atoms with E-state index in [1.807, 2.05) is 30.3 Å². The highest BCUT2D eigenvalue weighted by Crippen LogP contribution is 2.27. The van der Waals surface area contributed by atoms with Gasteiger partial charge in [-0.15, -0.1) is 0 Å². The van der Waals surface area contributed by atoms with Crippen LogP contribution in [0.2, 0.25) is 0 Å². The molecular formula is C44H66N4O10. The fourth-order valence-corrected chi connectivity index (χ4v) is 8.76. The van der Waals surface area contributed by atoms with Gasteiger partial charge in [0.2, 0.25) is 23.6 Å². The number of rotatable bonds is 18. The van der Waals surface area contributed by atoms with Gasteiger partial charge in [0, 0.05) is 13.5 Å². The quantitative estimate of drug-likeness (QED) is 0.172. The fraction of sp³-hybridized carbons (Fsp3) is 0.727. The van der Waals surface area contributed by atoms with Gasteiger partial charge in [-0.05, 0) is 83.6 Å². The molecule has 14 nitrogen and oxygen atoms in total. The van der Waals surface area contributed by atoms with Gasteiger partial charge in [-0.2, -0.15) is 0 Å². The molecule has 6 atom stereocenters. The summed E-state index contributed by atoms with van der Waals surface area (Å²) in [5, 5.41) is 8.25. The summed E-state index contributed by atoms with van der Waals surface area (Å²) >= 11 is 0. The van der Waals surface area contributed by atoms with Crippen molar-refractivity contribution in [3.05, 3.63) is 35.9 Å². The van der Waals surface area contributed by atoms with Gasteiger partial charge >= 0.3 is 11.9 Å². The molecule has 0 spiro atoms. The maximum Gasteiger partial charge on any atom is 0.329 e. The van der Waals surface area contributed by atoms with Crippen LogP contribution in [0.5, 0.6) is 0 Å². The van der Waals surface area contributed by atoms with E-state index in [-0.39, 0.29) is 24.9 Å². The van der Waals surface area contributed by atoms with E-state index in [1.165, 1.54) is 11.8 Å². The van der Waals surface area contributed by atoms with Crippen LogP contribution in [0.25, 0.3) is 0 Å². The van der Waals surface area contributed by atoms with Crippen molar-refractivity contribution < 1.29 is 47.7 Å². The second-order valence-electron chi connectivity index (χ2n) is 16.7. The van der Waals surface area contributed by atoms with E-state index in [1.54, 1.807) is 13.8 Å². The molecule has 0 aromatic heterocycles. The van der Waals surface area contributed by atoms with Crippen LogP contribution in [0.15, 0.2) is 30.3 Å². The lowest BCUT2D eigenvalue weighted by molar-refractivity contribution is -0.157. The Morgan fingerprint density at radius 1 is 0.655 bits per heavy atom. The smallest absolute Gasteiger partial charge is 0.329 e. The summed E-state index contributed by atoms with van der Waals surface area (Å²) in [4.78, 5) is 83.4. The number of hydrogen-bond donors (Lipinski definition) is 3. The molecule has 4 fully saturated rings. The minimum Gasteiger partial charge on any atom is -0.462 e. The normalized spacial score (nSPS) is 22.1. The maximum atomic E-state index is 14.6. The number of hydrogen-bond acceptors (Lipinski definition) is 10. The van der Waals surface area contributed by atoms with Crippen molar-refractivity contribution in [1.82, 2.24) is 20.9 Å². The minimum absolute atomic E-state index is 0.0671. The van der Waals surface area contributed by atoms with E-state index in [0.29, 0.717) is 19.4 Å². The first-order chi connectivity index (χ1) is 28.0. The number of likely N-dealkylation sites (tertiary alicyclic amines) is 1. The van der Waals surface area contributed by atoms with Crippen LogP contribution in [-0.2, 0) is 54.3 Å². The molecule has 0 unspecified atom stereocenters. The van der Waals surface area contributed by atoms with Gasteiger partial charge in [-0.25, -0.2) is 4.79 Å². The molecule has 3 aliphatic carbocycles. The first-order valence-electron chi connectivity index (χ1n) is 21.9. The van der Waals surface area contributed by atoms with Crippen molar-refractivity contribution >= 4 is 35.6 Å². The summed E-state index contributed by atoms with van der Waals surface area (Å²) in [5.41, 5.74) is 0.825. The summed E-state index contributed by atoms with van der Waals surface area (Å²) < 4.78 is 24.2. The summed E-state index contributed by atoms with van der Waals surface area (Å²) in [5.74, 6) is -3.60. The van der Waals surface area contributed by atoms with Crippen molar-refractivity contribution in [2.24, 2.45) is 0 Å². The molecule has 322 valence electrons. The molecule has 0 bridgehead atoms. The average molecular weight is 811 g/mol. The summed E-state index contributed by atoms with van der Waals surface area (Å²) in [6, 6.07) is 4.63. The maximum absolute atomic E-state index is 14.6. The van der Waals surface area contributed by atoms with Crippen molar-refractivity contribution in [3.63, 3.8) is 0 Å². The fourth-order valence-electron chi connectivity index (χ4n) is 8.76. The Bertz CT molecular complexity index is 1510. The Hall–Kier alpha value is -4.04. The Morgan fingerprint density at radius 3 is 1.76 bits per heavy atom. The van der Waals surface area contributed by atoms with Crippen molar-refractivity contribution in [1.29, 1.82) is 0 Å². The van der Waals surface area contributed by atoms with Gasteiger partial charge in [0.1, 0.15) is 36.9 Å². The topological polar surface area (TPSA) is 179 Å². The van der Waals surface area contributed by atoms with Crippen LogP contribution in [-0.4, -0.2) is 102 Å². The van der Waals surface area contributed by atoms with E-state index < -0.39 is 78.4 Å². The predicted octanol–water partition coefficient (Wildman–Crippen LogP) is 4.94. The van der Waals surface area contributed by atoms with Gasteiger partial charge in [-0.3, -0.25) is 24.0 Å². The van der Waals surface area contributed by atoms with Crippen LogP contribution < -0.4 is 16.0 Å². The number of carbonyl (C=O) groups excluding carboxylic acids is 6. The standard InChI is InChI=1S/C44H66N4O10/c1-29(56-33-19-10-5-11-20-33)39(46-41(51)36(45-31(3)49)27-38(50)58-35-23-14-7-15-24-35)42(52)47-40(30(2)57-34-21-12-6-13-22-34)43(53)48-26-16-25-37(48)44(54)55-28-32-17-8-4-9-18-32/h4,8-9,17-18,29-30,33-37,39-40H,5-7,10-16,19-28H2,1-3H3,(H,45,49)(H,46,51)(H,47,52)/t29-,30-,36+,37+,39+,40+/m1/s1. The SMILES string of the molecule is CC(=O)N[C@@H](CC(=O)OC1CCCCC1)C(=O)N[C@H](C(=O)N[C@H](C(=O)N1CCC[C@H]1C(=O)OCc1ccccc1)[C@@H](C)OC1CCCCC1)[C@@H](C)OC1CCCCC1. The lowest BCUT2D eigenvalue weighted by atomic mass is 9.97. The highest BCUT2D eigenvalue weighted by atomic mass is 16.5. The van der Waals surface area contributed by atoms with Crippen LogP contribution in [0.3, 0.4) is 0 Å². The minimum atomic E-state index is -1.32. The van der Waals surface area contributed by atoms with E-state index in [9.17, 15) is 28.8 Å². The highest BCUT2D eigenvalue weighted by molar-refractivity contribution is 5.96. The molecule has 4 aliphatic rings. The number of nitrogens with one attached hydrogen (secondary N) is 3. The molecule has 1 aromatic carbocycles. The third-order valence-corrected chi connectivity index (χ3v) is 11.9. The number of amides is 4. The Morgan fingerprint density at radius 2 is 1.19 bits per heavy atom. The molecule has 0 radical (unpaired) electrons. The van der Waals surface area contributed by atoms with Gasteiger partial charge in [0.15, 0.2) is 0 Å². The first kappa shape index (κ1) is 45.1. The molecule has 1 aromatic rings. The van der Waals surface area contributed by atoms with E-state index in [0.717, 1.165) is 102 Å². The molecule has 1 aliphatic heterocycles. The van der Waals surface area contributed by atoms with Crippen molar-refractivity contribution in [2.45, 2.75) is 198 Å². The predicted molar refractivity (Wildman–Crippen MR) is 215 cm³/mol. The molecule has 4 amide bonds. The van der Waals surface area contributed by atoms with Crippen molar-refractivity contribution in [2.75, 3.05) is 6.54 Å². The van der Waals surface area contributed by atoms with Gasteiger partial charge < -0.3 is 39.8 Å². The Balaban J connectivity index is 1.35. The number of esters is 2. The first-order valence-corrected chi connectivity index (χ1v) is 21.9. The molecule has 5 rings (SSSR count). The van der Waals surface area contributed by atoms with E-state index in [2.05, 4.69) is 16.0 Å². The number of carbonyl (C=O) groups is 6. The third-order valence-electron chi connectivity index (χ3n) is 11.9. The molecule has 58 heavy (non-hydrogen) atoms. The second-order valence-corrected chi connectivity index (χ2v) is 16.7. The largest absolute Gasteiger partial charge is 0.462 e. The molecule has 1 heterocycles. The Kier molecular flexibility index (Phi) is 17.8. The second kappa shape index (κ2) is 22.9. The number of ether oxygens (including phenoxy) is 4. The molecule has 14 heteroatoms. The van der Waals surface area contributed by atoms with Crippen molar-refractivity contribution in [3.8, 4) is 0 Å². The molecular weight excluding hydrogens is 745 g/mol.